The van der Waals surface area contributed by atoms with Gasteiger partial charge in [-0.05, 0) is 44.9 Å². The van der Waals surface area contributed by atoms with Crippen molar-refractivity contribution >= 4 is 29.0 Å². The first-order valence-corrected chi connectivity index (χ1v) is 9.41. The summed E-state index contributed by atoms with van der Waals surface area (Å²) in [4.78, 5) is 12.1. The maximum absolute atomic E-state index is 12.1. The maximum atomic E-state index is 12.1. The minimum atomic E-state index is -0.460. The molecular formula is C14H22N4OS2. The van der Waals surface area contributed by atoms with E-state index in [1.54, 1.807) is 23.1 Å². The van der Waals surface area contributed by atoms with E-state index in [0.717, 1.165) is 40.8 Å². The molecule has 21 heavy (non-hydrogen) atoms. The van der Waals surface area contributed by atoms with Crippen LogP contribution in [-0.4, -0.2) is 33.4 Å². The molecule has 0 saturated heterocycles. The molecular weight excluding hydrogens is 304 g/mol. The van der Waals surface area contributed by atoms with Crippen LogP contribution in [0.2, 0.25) is 0 Å². The molecule has 0 aromatic carbocycles. The van der Waals surface area contributed by atoms with Crippen molar-refractivity contribution in [3.8, 4) is 0 Å². The van der Waals surface area contributed by atoms with Crippen molar-refractivity contribution in [1.29, 1.82) is 0 Å². The van der Waals surface area contributed by atoms with E-state index in [2.05, 4.69) is 15.5 Å². The number of primary amides is 1. The first kappa shape index (κ1) is 15.2. The number of aryl methyl sites for hydroxylation is 1. The Bertz CT molecular complexity index is 517. The number of carbonyl (C=O) groups is 1. The Balaban J connectivity index is 1.58. The molecule has 1 heterocycles. The molecule has 0 spiro atoms. The Morgan fingerprint density at radius 3 is 2.90 bits per heavy atom. The fourth-order valence-electron chi connectivity index (χ4n) is 3.27. The summed E-state index contributed by atoms with van der Waals surface area (Å²) >= 11 is 3.37. The van der Waals surface area contributed by atoms with Crippen LogP contribution in [0.3, 0.4) is 0 Å². The summed E-state index contributed by atoms with van der Waals surface area (Å²) < 4.78 is 1.02. The fourth-order valence-corrected chi connectivity index (χ4v) is 5.21. The number of nitrogens with one attached hydrogen (secondary N) is 1. The predicted octanol–water partition coefficient (Wildman–Crippen LogP) is 2.10. The molecule has 0 radical (unpaired) electrons. The van der Waals surface area contributed by atoms with E-state index < -0.39 is 5.54 Å². The average Bonchev–Trinajstić information content (AvgIpc) is 3.00. The summed E-state index contributed by atoms with van der Waals surface area (Å²) in [7, 11) is 0. The normalized spacial score (nSPS) is 28.9. The van der Waals surface area contributed by atoms with Gasteiger partial charge in [0.25, 0.3) is 0 Å². The quantitative estimate of drug-likeness (QED) is 0.750. The van der Waals surface area contributed by atoms with Crippen molar-refractivity contribution in [2.24, 2.45) is 11.7 Å². The number of aromatic nitrogens is 2. The zero-order valence-corrected chi connectivity index (χ0v) is 13.9. The van der Waals surface area contributed by atoms with Crippen LogP contribution in [0.15, 0.2) is 4.34 Å². The fraction of sp³-hybridized carbons (Fsp3) is 0.786. The minimum Gasteiger partial charge on any atom is -0.368 e. The van der Waals surface area contributed by atoms with Crippen LogP contribution in [0.5, 0.6) is 0 Å². The summed E-state index contributed by atoms with van der Waals surface area (Å²) in [6.07, 6.45) is 6.45. The molecule has 3 N–H and O–H groups in total. The Kier molecular flexibility index (Phi) is 4.51. The average molecular weight is 326 g/mol. The summed E-state index contributed by atoms with van der Waals surface area (Å²) in [5.41, 5.74) is 5.30. The van der Waals surface area contributed by atoms with Crippen molar-refractivity contribution in [3.05, 3.63) is 5.01 Å². The van der Waals surface area contributed by atoms with E-state index >= 15 is 0 Å². The predicted molar refractivity (Wildman–Crippen MR) is 85.4 cm³/mol. The van der Waals surface area contributed by atoms with Crippen molar-refractivity contribution in [1.82, 2.24) is 15.5 Å². The molecule has 1 aromatic heterocycles. The highest BCUT2D eigenvalue weighted by Crippen LogP contribution is 2.41. The van der Waals surface area contributed by atoms with Crippen LogP contribution in [0.1, 0.15) is 43.5 Å². The SMILES string of the molecule is Cc1nnc(SCCC2CCCC2(NC2CC2)C(N)=O)s1. The molecule has 2 fully saturated rings. The lowest BCUT2D eigenvalue weighted by molar-refractivity contribution is -0.126. The second kappa shape index (κ2) is 6.22. The number of thioether (sulfide) groups is 1. The largest absolute Gasteiger partial charge is 0.368 e. The van der Waals surface area contributed by atoms with Crippen LogP contribution in [0.4, 0.5) is 0 Å². The number of nitrogens with two attached hydrogens (primary N) is 1. The number of rotatable bonds is 7. The lowest BCUT2D eigenvalue weighted by Crippen LogP contribution is -2.58. The van der Waals surface area contributed by atoms with Crippen molar-refractivity contribution in [2.75, 3.05) is 5.75 Å². The molecule has 2 aliphatic rings. The van der Waals surface area contributed by atoms with Gasteiger partial charge in [-0.15, -0.1) is 10.2 Å². The zero-order valence-electron chi connectivity index (χ0n) is 12.3. The first-order chi connectivity index (χ1) is 10.1. The minimum absolute atomic E-state index is 0.159. The number of carbonyl (C=O) groups excluding carboxylic acids is 1. The third kappa shape index (κ3) is 3.40. The summed E-state index contributed by atoms with van der Waals surface area (Å²) in [6, 6.07) is 0.511. The second-order valence-electron chi connectivity index (χ2n) is 6.07. The molecule has 2 saturated carbocycles. The molecule has 1 aromatic rings. The summed E-state index contributed by atoms with van der Waals surface area (Å²) in [6.45, 7) is 1.97. The van der Waals surface area contributed by atoms with Gasteiger partial charge in [-0.1, -0.05) is 29.5 Å². The van der Waals surface area contributed by atoms with Gasteiger partial charge in [0.15, 0.2) is 4.34 Å². The summed E-state index contributed by atoms with van der Waals surface area (Å²) in [5.74, 6) is 1.17. The lowest BCUT2D eigenvalue weighted by Gasteiger charge is -2.34. The Morgan fingerprint density at radius 2 is 2.29 bits per heavy atom. The Hall–Kier alpha value is -0.660. The molecule has 5 nitrogen and oxygen atoms in total. The van der Waals surface area contributed by atoms with E-state index in [-0.39, 0.29) is 5.91 Å². The first-order valence-electron chi connectivity index (χ1n) is 7.60. The molecule has 0 aliphatic heterocycles. The highest BCUT2D eigenvalue weighted by atomic mass is 32.2. The third-order valence-electron chi connectivity index (χ3n) is 4.50. The lowest BCUT2D eigenvalue weighted by atomic mass is 9.84. The van der Waals surface area contributed by atoms with Gasteiger partial charge in [0, 0.05) is 11.8 Å². The van der Waals surface area contributed by atoms with Gasteiger partial charge in [0.2, 0.25) is 5.91 Å². The zero-order chi connectivity index (χ0) is 14.9. The molecule has 1 amide bonds. The molecule has 116 valence electrons. The van der Waals surface area contributed by atoms with Crippen LogP contribution in [0.25, 0.3) is 0 Å². The van der Waals surface area contributed by atoms with E-state index in [1.807, 2.05) is 6.92 Å². The molecule has 7 heteroatoms. The number of nitrogens with zero attached hydrogens (tertiary/aromatic N) is 2. The van der Waals surface area contributed by atoms with Crippen LogP contribution in [-0.2, 0) is 4.79 Å². The maximum Gasteiger partial charge on any atom is 0.238 e. The van der Waals surface area contributed by atoms with Crippen LogP contribution >= 0.6 is 23.1 Å². The van der Waals surface area contributed by atoms with Gasteiger partial charge in [0.05, 0.1) is 0 Å². The summed E-state index contributed by atoms with van der Waals surface area (Å²) in [5, 5.41) is 12.7. The smallest absolute Gasteiger partial charge is 0.238 e. The van der Waals surface area contributed by atoms with E-state index in [4.69, 9.17) is 5.73 Å². The van der Waals surface area contributed by atoms with Gasteiger partial charge in [-0.25, -0.2) is 0 Å². The number of hydrogen-bond acceptors (Lipinski definition) is 6. The van der Waals surface area contributed by atoms with Gasteiger partial charge in [-0.2, -0.15) is 0 Å². The number of hydrogen-bond donors (Lipinski definition) is 2. The molecule has 2 atom stereocenters. The topological polar surface area (TPSA) is 80.9 Å². The molecule has 0 bridgehead atoms. The second-order valence-corrected chi connectivity index (χ2v) is 8.59. The molecule has 2 unspecified atom stereocenters. The van der Waals surface area contributed by atoms with Crippen molar-refractivity contribution in [3.63, 3.8) is 0 Å². The van der Waals surface area contributed by atoms with E-state index in [1.165, 1.54) is 12.8 Å². The van der Waals surface area contributed by atoms with Crippen LogP contribution in [0, 0.1) is 12.8 Å². The van der Waals surface area contributed by atoms with Crippen LogP contribution < -0.4 is 11.1 Å². The standard InChI is InChI=1S/C14H22N4OS2/c1-9-17-18-13(21-9)20-8-6-10-3-2-7-14(10,12(15)19)16-11-4-5-11/h10-11,16H,2-8H2,1H3,(H2,15,19). The van der Waals surface area contributed by atoms with Gasteiger partial charge in [-0.3, -0.25) is 4.79 Å². The van der Waals surface area contributed by atoms with E-state index in [0.29, 0.717) is 12.0 Å². The monoisotopic (exact) mass is 326 g/mol. The van der Waals surface area contributed by atoms with Gasteiger partial charge >= 0.3 is 0 Å². The van der Waals surface area contributed by atoms with Gasteiger partial charge < -0.3 is 11.1 Å². The Labute approximate surface area is 133 Å². The molecule has 3 rings (SSSR count). The highest BCUT2D eigenvalue weighted by Gasteiger charge is 2.49. The molecule has 2 aliphatic carbocycles. The Morgan fingerprint density at radius 1 is 1.48 bits per heavy atom. The van der Waals surface area contributed by atoms with Crippen molar-refractivity contribution in [2.45, 2.75) is 61.4 Å². The van der Waals surface area contributed by atoms with E-state index in [9.17, 15) is 4.79 Å². The highest BCUT2D eigenvalue weighted by molar-refractivity contribution is 8.01. The van der Waals surface area contributed by atoms with Crippen molar-refractivity contribution < 1.29 is 4.79 Å². The third-order valence-corrected chi connectivity index (χ3v) is 6.50. The van der Waals surface area contributed by atoms with Gasteiger partial charge in [0.1, 0.15) is 10.5 Å². The number of amides is 1.